The van der Waals surface area contributed by atoms with E-state index in [1.807, 2.05) is 0 Å². The van der Waals surface area contributed by atoms with Gasteiger partial charge >= 0.3 is 0 Å². The number of rotatable bonds is 6. The van der Waals surface area contributed by atoms with Crippen molar-refractivity contribution in [3.63, 3.8) is 0 Å². The Balaban J connectivity index is 2.23. The topological polar surface area (TPSA) is 29.3 Å². The van der Waals surface area contributed by atoms with Crippen LogP contribution in [0.1, 0.15) is 58.8 Å². The standard InChI is InChI=1S/C14H28N2S/c1-14(2,13(15)17)10-7-11-16(3)12-8-5-4-6-9-12/h12H,4-11H2,1-3H3,(H2,15,17). The summed E-state index contributed by atoms with van der Waals surface area (Å²) >= 11 is 5.10. The molecule has 0 radical (unpaired) electrons. The molecule has 17 heavy (non-hydrogen) atoms. The minimum Gasteiger partial charge on any atom is -0.393 e. The van der Waals surface area contributed by atoms with E-state index in [1.165, 1.54) is 45.1 Å². The zero-order valence-electron chi connectivity index (χ0n) is 11.7. The molecule has 0 spiro atoms. The van der Waals surface area contributed by atoms with Crippen molar-refractivity contribution in [3.8, 4) is 0 Å². The number of hydrogen-bond acceptors (Lipinski definition) is 2. The fourth-order valence-corrected chi connectivity index (χ4v) is 2.70. The molecule has 3 heteroatoms. The lowest BCUT2D eigenvalue weighted by Gasteiger charge is -2.32. The third-order valence-electron chi connectivity index (χ3n) is 4.18. The third kappa shape index (κ3) is 4.92. The summed E-state index contributed by atoms with van der Waals surface area (Å²) in [6.07, 6.45) is 9.31. The normalized spacial score (nSPS) is 18.6. The van der Waals surface area contributed by atoms with Gasteiger partial charge in [0.15, 0.2) is 0 Å². The fourth-order valence-electron chi connectivity index (χ4n) is 2.60. The number of nitrogens with two attached hydrogens (primary N) is 1. The van der Waals surface area contributed by atoms with E-state index in [9.17, 15) is 0 Å². The van der Waals surface area contributed by atoms with E-state index in [2.05, 4.69) is 25.8 Å². The van der Waals surface area contributed by atoms with Crippen molar-refractivity contribution in [2.24, 2.45) is 11.1 Å². The van der Waals surface area contributed by atoms with E-state index in [0.717, 1.165) is 12.5 Å². The van der Waals surface area contributed by atoms with Gasteiger partial charge in [0.1, 0.15) is 0 Å². The monoisotopic (exact) mass is 256 g/mol. The first-order valence-corrected chi connectivity index (χ1v) is 7.34. The zero-order chi connectivity index (χ0) is 12.9. The Morgan fingerprint density at radius 2 is 1.88 bits per heavy atom. The molecule has 0 aromatic carbocycles. The summed E-state index contributed by atoms with van der Waals surface area (Å²) in [6.45, 7) is 5.47. The van der Waals surface area contributed by atoms with Crippen LogP contribution < -0.4 is 5.73 Å². The van der Waals surface area contributed by atoms with Gasteiger partial charge < -0.3 is 10.6 Å². The lowest BCUT2D eigenvalue weighted by molar-refractivity contribution is 0.184. The summed E-state index contributed by atoms with van der Waals surface area (Å²) in [5.41, 5.74) is 5.76. The van der Waals surface area contributed by atoms with Gasteiger partial charge in [-0.15, -0.1) is 0 Å². The van der Waals surface area contributed by atoms with E-state index in [4.69, 9.17) is 18.0 Å². The quantitative estimate of drug-likeness (QED) is 0.739. The number of nitrogens with zero attached hydrogens (tertiary/aromatic N) is 1. The number of thiocarbonyl (C=S) groups is 1. The summed E-state index contributed by atoms with van der Waals surface area (Å²) in [4.78, 5) is 3.19. The Kier molecular flexibility index (Phi) is 5.87. The number of hydrogen-bond donors (Lipinski definition) is 1. The lowest BCUT2D eigenvalue weighted by atomic mass is 9.87. The van der Waals surface area contributed by atoms with Crippen LogP contribution >= 0.6 is 12.2 Å². The SMILES string of the molecule is CN(CCCC(C)(C)C(N)=S)C1CCCCC1. The highest BCUT2D eigenvalue weighted by molar-refractivity contribution is 7.80. The summed E-state index contributed by atoms with van der Waals surface area (Å²) in [6, 6.07) is 0.816. The summed E-state index contributed by atoms with van der Waals surface area (Å²) < 4.78 is 0. The molecule has 1 aliphatic carbocycles. The van der Waals surface area contributed by atoms with Crippen LogP contribution in [-0.4, -0.2) is 29.5 Å². The van der Waals surface area contributed by atoms with Crippen LogP contribution in [0.2, 0.25) is 0 Å². The van der Waals surface area contributed by atoms with E-state index in [1.54, 1.807) is 0 Å². The molecule has 1 saturated carbocycles. The van der Waals surface area contributed by atoms with Crippen LogP contribution in [0.4, 0.5) is 0 Å². The average molecular weight is 256 g/mol. The Hall–Kier alpha value is -0.150. The van der Waals surface area contributed by atoms with Crippen LogP contribution in [0.15, 0.2) is 0 Å². The average Bonchev–Trinajstić information content (AvgIpc) is 2.29. The molecule has 0 aromatic rings. The zero-order valence-corrected chi connectivity index (χ0v) is 12.5. The van der Waals surface area contributed by atoms with Gasteiger partial charge in [-0.3, -0.25) is 0 Å². The van der Waals surface area contributed by atoms with Gasteiger partial charge in [0, 0.05) is 11.5 Å². The molecule has 0 aliphatic heterocycles. The van der Waals surface area contributed by atoms with Gasteiger partial charge in [0.2, 0.25) is 0 Å². The van der Waals surface area contributed by atoms with E-state index in [-0.39, 0.29) is 5.41 Å². The molecule has 0 atom stereocenters. The Bertz CT molecular complexity index is 245. The maximum absolute atomic E-state index is 5.75. The Morgan fingerprint density at radius 3 is 2.41 bits per heavy atom. The van der Waals surface area contributed by atoms with Gasteiger partial charge in [-0.2, -0.15) is 0 Å². The van der Waals surface area contributed by atoms with Crippen molar-refractivity contribution in [1.82, 2.24) is 4.90 Å². The molecule has 0 amide bonds. The first-order chi connectivity index (χ1) is 7.93. The Labute approximate surface area is 112 Å². The Morgan fingerprint density at radius 1 is 1.29 bits per heavy atom. The van der Waals surface area contributed by atoms with Crippen LogP contribution in [0.3, 0.4) is 0 Å². The first-order valence-electron chi connectivity index (χ1n) is 6.93. The fraction of sp³-hybridized carbons (Fsp3) is 0.929. The molecule has 2 nitrogen and oxygen atoms in total. The lowest BCUT2D eigenvalue weighted by Crippen LogP contribution is -2.35. The third-order valence-corrected chi connectivity index (χ3v) is 4.73. The predicted octanol–water partition coefficient (Wildman–Crippen LogP) is 3.34. The molecule has 0 saturated heterocycles. The minimum absolute atomic E-state index is 0.0166. The largest absolute Gasteiger partial charge is 0.393 e. The molecule has 100 valence electrons. The smallest absolute Gasteiger partial charge is 0.0784 e. The van der Waals surface area contributed by atoms with Crippen LogP contribution in [0.5, 0.6) is 0 Å². The molecular weight excluding hydrogens is 228 g/mol. The minimum atomic E-state index is 0.0166. The van der Waals surface area contributed by atoms with Gasteiger partial charge in [0.25, 0.3) is 0 Å². The molecule has 1 fully saturated rings. The van der Waals surface area contributed by atoms with E-state index in [0.29, 0.717) is 4.99 Å². The van der Waals surface area contributed by atoms with Gasteiger partial charge in [-0.1, -0.05) is 45.3 Å². The van der Waals surface area contributed by atoms with Gasteiger partial charge in [0.05, 0.1) is 4.99 Å². The van der Waals surface area contributed by atoms with Crippen LogP contribution in [0.25, 0.3) is 0 Å². The van der Waals surface area contributed by atoms with Crippen molar-refractivity contribution >= 4 is 17.2 Å². The maximum atomic E-state index is 5.75. The van der Waals surface area contributed by atoms with Crippen molar-refractivity contribution < 1.29 is 0 Å². The molecule has 0 unspecified atom stereocenters. The van der Waals surface area contributed by atoms with Crippen molar-refractivity contribution in [3.05, 3.63) is 0 Å². The molecular formula is C14H28N2S. The van der Waals surface area contributed by atoms with E-state index >= 15 is 0 Å². The van der Waals surface area contributed by atoms with Gasteiger partial charge in [-0.05, 0) is 39.3 Å². The van der Waals surface area contributed by atoms with Crippen LogP contribution in [-0.2, 0) is 0 Å². The second-order valence-corrected chi connectivity index (χ2v) is 6.56. The first kappa shape index (κ1) is 14.9. The highest BCUT2D eigenvalue weighted by Gasteiger charge is 2.22. The van der Waals surface area contributed by atoms with Crippen molar-refractivity contribution in [2.75, 3.05) is 13.6 Å². The summed E-state index contributed by atoms with van der Waals surface area (Å²) in [7, 11) is 2.27. The second kappa shape index (κ2) is 6.69. The maximum Gasteiger partial charge on any atom is 0.0784 e. The summed E-state index contributed by atoms with van der Waals surface area (Å²) in [5, 5.41) is 0. The highest BCUT2D eigenvalue weighted by atomic mass is 32.1. The molecule has 1 aliphatic rings. The predicted molar refractivity (Wildman–Crippen MR) is 79.3 cm³/mol. The molecule has 2 N–H and O–H groups in total. The second-order valence-electron chi connectivity index (χ2n) is 6.12. The van der Waals surface area contributed by atoms with Crippen molar-refractivity contribution in [1.29, 1.82) is 0 Å². The molecule has 1 rings (SSSR count). The molecule has 0 aromatic heterocycles. The van der Waals surface area contributed by atoms with E-state index < -0.39 is 0 Å². The van der Waals surface area contributed by atoms with Gasteiger partial charge in [-0.25, -0.2) is 0 Å². The highest BCUT2D eigenvalue weighted by Crippen LogP contribution is 2.25. The van der Waals surface area contributed by atoms with Crippen molar-refractivity contribution in [2.45, 2.75) is 64.8 Å². The molecule has 0 heterocycles. The molecule has 0 bridgehead atoms. The summed E-state index contributed by atoms with van der Waals surface area (Å²) in [5.74, 6) is 0. The van der Waals surface area contributed by atoms with Crippen LogP contribution in [0, 0.1) is 5.41 Å².